The summed E-state index contributed by atoms with van der Waals surface area (Å²) < 4.78 is 5.10. The summed E-state index contributed by atoms with van der Waals surface area (Å²) in [6.45, 7) is 0. The number of methoxy groups -OCH3 is 1. The highest BCUT2D eigenvalue weighted by molar-refractivity contribution is 7.80. The summed E-state index contributed by atoms with van der Waals surface area (Å²) in [4.78, 5) is 26.3. The van der Waals surface area contributed by atoms with Gasteiger partial charge in [-0.2, -0.15) is 0 Å². The summed E-state index contributed by atoms with van der Waals surface area (Å²) in [6.07, 6.45) is 1.48. The Morgan fingerprint density at radius 2 is 1.69 bits per heavy atom. The Hall–Kier alpha value is -2.41. The number of anilines is 1. The Labute approximate surface area is 165 Å². The van der Waals surface area contributed by atoms with Crippen LogP contribution in [-0.4, -0.2) is 24.0 Å². The van der Waals surface area contributed by atoms with Crippen LogP contribution in [0.2, 0.25) is 10.0 Å². The topological polar surface area (TPSA) is 58.6 Å². The molecule has 3 rings (SSSR count). The molecule has 0 spiro atoms. The molecule has 8 heteroatoms. The molecule has 1 heterocycles. The van der Waals surface area contributed by atoms with Crippen molar-refractivity contribution in [3.05, 3.63) is 63.6 Å². The highest BCUT2D eigenvalue weighted by Crippen LogP contribution is 2.28. The second kappa shape index (κ2) is 7.45. The molecule has 0 aromatic heterocycles. The van der Waals surface area contributed by atoms with Gasteiger partial charge in [-0.1, -0.05) is 35.3 Å². The Kier molecular flexibility index (Phi) is 5.27. The van der Waals surface area contributed by atoms with Gasteiger partial charge >= 0.3 is 0 Å². The van der Waals surface area contributed by atoms with Crippen LogP contribution in [0.3, 0.4) is 0 Å². The number of halogens is 2. The van der Waals surface area contributed by atoms with Crippen molar-refractivity contribution in [1.29, 1.82) is 0 Å². The quantitative estimate of drug-likeness (QED) is 0.477. The van der Waals surface area contributed by atoms with Crippen LogP contribution in [-0.2, 0) is 9.59 Å². The molecule has 1 aliphatic rings. The molecule has 5 nitrogen and oxygen atoms in total. The van der Waals surface area contributed by atoms with Crippen molar-refractivity contribution in [2.24, 2.45) is 0 Å². The first-order valence-corrected chi connectivity index (χ1v) is 8.57. The predicted molar refractivity (Wildman–Crippen MR) is 106 cm³/mol. The van der Waals surface area contributed by atoms with Gasteiger partial charge in [0.05, 0.1) is 12.8 Å². The standard InChI is InChI=1S/C18H12Cl2N2O3S/c1-25-14-4-2-10(3-5-14)6-15-16(23)21-18(26)22(17(15)24)13-8-11(19)7-12(20)9-13/h2-9H,1H3,(H,21,23,26)/b15-6+. The lowest BCUT2D eigenvalue weighted by Crippen LogP contribution is -2.54. The van der Waals surface area contributed by atoms with Crippen LogP contribution >= 0.6 is 35.4 Å². The van der Waals surface area contributed by atoms with Gasteiger partial charge in [0.2, 0.25) is 0 Å². The summed E-state index contributed by atoms with van der Waals surface area (Å²) in [5.74, 6) is -0.462. The van der Waals surface area contributed by atoms with Gasteiger partial charge in [-0.05, 0) is 54.2 Å². The van der Waals surface area contributed by atoms with Crippen molar-refractivity contribution in [3.63, 3.8) is 0 Å². The first kappa shape index (κ1) is 18.4. The lowest BCUT2D eigenvalue weighted by Gasteiger charge is -2.29. The van der Waals surface area contributed by atoms with Crippen LogP contribution in [0.5, 0.6) is 5.75 Å². The van der Waals surface area contributed by atoms with Crippen molar-refractivity contribution in [3.8, 4) is 5.75 Å². The van der Waals surface area contributed by atoms with E-state index in [2.05, 4.69) is 5.32 Å². The normalized spacial score (nSPS) is 16.0. The number of hydrogen-bond donors (Lipinski definition) is 1. The van der Waals surface area contributed by atoms with Gasteiger partial charge in [-0.15, -0.1) is 0 Å². The van der Waals surface area contributed by atoms with Gasteiger partial charge in [0, 0.05) is 10.0 Å². The molecule has 0 radical (unpaired) electrons. The zero-order valence-electron chi connectivity index (χ0n) is 13.5. The Balaban J connectivity index is 2.00. The van der Waals surface area contributed by atoms with Crippen molar-refractivity contribution < 1.29 is 14.3 Å². The molecule has 0 saturated carbocycles. The monoisotopic (exact) mass is 406 g/mol. The summed E-state index contributed by atoms with van der Waals surface area (Å²) >= 11 is 17.2. The van der Waals surface area contributed by atoms with Crippen LogP contribution in [0.1, 0.15) is 5.56 Å². The number of carbonyl (C=O) groups excluding carboxylic acids is 2. The molecule has 1 aliphatic heterocycles. The summed E-state index contributed by atoms with van der Waals surface area (Å²) in [7, 11) is 1.56. The first-order chi connectivity index (χ1) is 12.4. The minimum absolute atomic E-state index is 0.0368. The molecule has 2 aromatic rings. The number of thiocarbonyl (C=S) groups is 1. The predicted octanol–water partition coefficient (Wildman–Crippen LogP) is 3.83. The average Bonchev–Trinajstić information content (AvgIpc) is 2.58. The van der Waals surface area contributed by atoms with E-state index in [1.807, 2.05) is 0 Å². The van der Waals surface area contributed by atoms with Gasteiger partial charge in [-0.25, -0.2) is 0 Å². The molecule has 0 unspecified atom stereocenters. The summed E-state index contributed by atoms with van der Waals surface area (Å²) in [6, 6.07) is 11.6. The second-order valence-electron chi connectivity index (χ2n) is 5.36. The van der Waals surface area contributed by atoms with E-state index in [0.717, 1.165) is 0 Å². The zero-order chi connectivity index (χ0) is 18.8. The van der Waals surface area contributed by atoms with Gasteiger partial charge in [-0.3, -0.25) is 19.8 Å². The number of nitrogens with zero attached hydrogens (tertiary/aromatic N) is 1. The Bertz CT molecular complexity index is 922. The van der Waals surface area contributed by atoms with E-state index in [1.54, 1.807) is 43.5 Å². The van der Waals surface area contributed by atoms with Gasteiger partial charge in [0.25, 0.3) is 11.8 Å². The molecular formula is C18H12Cl2N2O3S. The van der Waals surface area contributed by atoms with E-state index in [0.29, 0.717) is 27.0 Å². The molecular weight excluding hydrogens is 395 g/mol. The summed E-state index contributed by atoms with van der Waals surface area (Å²) in [5.41, 5.74) is 0.985. The number of amides is 2. The molecule has 1 saturated heterocycles. The van der Waals surface area contributed by atoms with Gasteiger partial charge in [0.1, 0.15) is 11.3 Å². The number of nitrogens with one attached hydrogen (secondary N) is 1. The fourth-order valence-corrected chi connectivity index (χ4v) is 3.22. The van der Waals surface area contributed by atoms with E-state index in [1.165, 1.54) is 17.0 Å². The third-order valence-corrected chi connectivity index (χ3v) is 4.36. The van der Waals surface area contributed by atoms with Crippen molar-refractivity contribution in [1.82, 2.24) is 5.32 Å². The maximum atomic E-state index is 12.9. The van der Waals surface area contributed by atoms with Crippen LogP contribution in [0, 0.1) is 0 Å². The minimum atomic E-state index is -0.569. The van der Waals surface area contributed by atoms with E-state index in [9.17, 15) is 9.59 Å². The largest absolute Gasteiger partial charge is 0.497 e. The minimum Gasteiger partial charge on any atom is -0.497 e. The highest BCUT2D eigenvalue weighted by atomic mass is 35.5. The third-order valence-electron chi connectivity index (χ3n) is 3.63. The average molecular weight is 407 g/mol. The molecule has 0 atom stereocenters. The van der Waals surface area contributed by atoms with Gasteiger partial charge < -0.3 is 4.74 Å². The number of rotatable bonds is 3. The smallest absolute Gasteiger partial charge is 0.270 e. The number of benzene rings is 2. The van der Waals surface area contributed by atoms with Crippen LogP contribution in [0.15, 0.2) is 48.0 Å². The van der Waals surface area contributed by atoms with Gasteiger partial charge in [0.15, 0.2) is 5.11 Å². The lowest BCUT2D eigenvalue weighted by atomic mass is 10.1. The molecule has 0 aliphatic carbocycles. The van der Waals surface area contributed by atoms with Crippen molar-refractivity contribution in [2.75, 3.05) is 12.0 Å². The Morgan fingerprint density at radius 1 is 1.08 bits per heavy atom. The number of carbonyl (C=O) groups is 2. The highest BCUT2D eigenvalue weighted by Gasteiger charge is 2.34. The molecule has 1 fully saturated rings. The van der Waals surface area contributed by atoms with Crippen LogP contribution in [0.4, 0.5) is 5.69 Å². The fourth-order valence-electron chi connectivity index (χ4n) is 2.43. The molecule has 2 amide bonds. The maximum Gasteiger partial charge on any atom is 0.270 e. The Morgan fingerprint density at radius 3 is 2.27 bits per heavy atom. The van der Waals surface area contributed by atoms with E-state index in [-0.39, 0.29) is 10.7 Å². The summed E-state index contributed by atoms with van der Waals surface area (Å²) in [5, 5.41) is 3.17. The first-order valence-electron chi connectivity index (χ1n) is 7.40. The number of hydrogen-bond acceptors (Lipinski definition) is 4. The molecule has 26 heavy (non-hydrogen) atoms. The van der Waals surface area contributed by atoms with E-state index in [4.69, 9.17) is 40.2 Å². The molecule has 132 valence electrons. The molecule has 0 bridgehead atoms. The lowest BCUT2D eigenvalue weighted by molar-refractivity contribution is -0.122. The van der Waals surface area contributed by atoms with Crippen molar-refractivity contribution in [2.45, 2.75) is 0 Å². The number of ether oxygens (including phenoxy) is 1. The van der Waals surface area contributed by atoms with E-state index >= 15 is 0 Å². The maximum absolute atomic E-state index is 12.9. The van der Waals surface area contributed by atoms with Crippen molar-refractivity contribution >= 4 is 64.1 Å². The SMILES string of the molecule is COc1ccc(/C=C2\C(=O)NC(=S)N(c3cc(Cl)cc(Cl)c3)C2=O)cc1. The third kappa shape index (κ3) is 3.72. The van der Waals surface area contributed by atoms with Crippen LogP contribution < -0.4 is 15.0 Å². The zero-order valence-corrected chi connectivity index (χ0v) is 15.8. The second-order valence-corrected chi connectivity index (χ2v) is 6.62. The fraction of sp³-hybridized carbons (Fsp3) is 0.0556. The molecule has 2 aromatic carbocycles. The molecule has 1 N–H and O–H groups in total. The van der Waals surface area contributed by atoms with Crippen LogP contribution in [0.25, 0.3) is 6.08 Å². The van der Waals surface area contributed by atoms with E-state index < -0.39 is 11.8 Å².